The zero-order valence-corrected chi connectivity index (χ0v) is 12.9. The van der Waals surface area contributed by atoms with Crippen molar-refractivity contribution in [3.05, 3.63) is 0 Å². The van der Waals surface area contributed by atoms with Crippen LogP contribution in [0.25, 0.3) is 0 Å². The molecule has 0 aromatic carbocycles. The van der Waals surface area contributed by atoms with Gasteiger partial charge in [-0.25, -0.2) is 4.79 Å². The Kier molecular flexibility index (Phi) is 7.44. The van der Waals surface area contributed by atoms with E-state index in [-0.39, 0.29) is 5.91 Å². The van der Waals surface area contributed by atoms with E-state index in [0.29, 0.717) is 13.1 Å². The van der Waals surface area contributed by atoms with Gasteiger partial charge in [-0.15, -0.1) is 0 Å². The molecule has 19 heavy (non-hydrogen) atoms. The number of rotatable bonds is 6. The van der Waals surface area contributed by atoms with E-state index in [9.17, 15) is 9.59 Å². The van der Waals surface area contributed by atoms with E-state index in [1.165, 1.54) is 0 Å². The molecule has 0 heterocycles. The second kappa shape index (κ2) is 7.99. The van der Waals surface area contributed by atoms with Gasteiger partial charge in [0.2, 0.25) is 5.91 Å². The van der Waals surface area contributed by atoms with Gasteiger partial charge in [-0.3, -0.25) is 4.79 Å². The quantitative estimate of drug-likeness (QED) is 0.756. The molecule has 0 aromatic rings. The summed E-state index contributed by atoms with van der Waals surface area (Å²) in [6.07, 6.45) is -0.571. The Bertz CT molecular complexity index is 300. The zero-order valence-electron chi connectivity index (χ0n) is 12.9. The highest BCUT2D eigenvalue weighted by molar-refractivity contribution is 5.85. The van der Waals surface area contributed by atoms with Gasteiger partial charge in [-0.1, -0.05) is 0 Å². The minimum absolute atomic E-state index is 0.108. The van der Waals surface area contributed by atoms with Crippen molar-refractivity contribution in [2.24, 2.45) is 0 Å². The lowest BCUT2D eigenvalue weighted by Crippen LogP contribution is -2.49. The Morgan fingerprint density at radius 1 is 1.32 bits per heavy atom. The summed E-state index contributed by atoms with van der Waals surface area (Å²) in [4.78, 5) is 25.4. The van der Waals surface area contributed by atoms with E-state index in [4.69, 9.17) is 4.74 Å². The van der Waals surface area contributed by atoms with Crippen LogP contribution >= 0.6 is 0 Å². The number of likely N-dealkylation sites (N-methyl/N-ethyl adjacent to an activating group) is 2. The molecule has 112 valence electrons. The van der Waals surface area contributed by atoms with Crippen molar-refractivity contribution in [3.63, 3.8) is 0 Å². The van der Waals surface area contributed by atoms with Gasteiger partial charge in [0.15, 0.2) is 0 Å². The third-order valence-electron chi connectivity index (χ3n) is 2.43. The Hall–Kier alpha value is -1.30. The third kappa shape index (κ3) is 7.66. The molecular formula is C13H27N3O3. The minimum atomic E-state index is -0.591. The average molecular weight is 273 g/mol. The van der Waals surface area contributed by atoms with Gasteiger partial charge in [0.1, 0.15) is 11.6 Å². The molecular weight excluding hydrogens is 246 g/mol. The fraction of sp³-hybridized carbons (Fsp3) is 0.846. The zero-order chi connectivity index (χ0) is 15.1. The second-order valence-corrected chi connectivity index (χ2v) is 5.39. The molecule has 0 rings (SSSR count). The first kappa shape index (κ1) is 17.7. The number of alkyl carbamates (subject to hydrolysis) is 1. The SMILES string of the molecule is CCN(CCNC)C(=O)C(C)NC(=O)OC(C)(C)C. The van der Waals surface area contributed by atoms with Crippen LogP contribution in [0.4, 0.5) is 4.79 Å². The molecule has 0 saturated heterocycles. The maximum absolute atomic E-state index is 12.1. The van der Waals surface area contributed by atoms with Crippen molar-refractivity contribution < 1.29 is 14.3 Å². The first-order chi connectivity index (χ1) is 8.71. The lowest BCUT2D eigenvalue weighted by atomic mass is 10.2. The van der Waals surface area contributed by atoms with Crippen LogP contribution in [0.15, 0.2) is 0 Å². The van der Waals surface area contributed by atoms with Gasteiger partial charge in [0.05, 0.1) is 0 Å². The molecule has 0 saturated carbocycles. The fourth-order valence-electron chi connectivity index (χ4n) is 1.49. The summed E-state index contributed by atoms with van der Waals surface area (Å²) in [7, 11) is 1.83. The summed E-state index contributed by atoms with van der Waals surface area (Å²) < 4.78 is 5.12. The van der Waals surface area contributed by atoms with Gasteiger partial charge in [0, 0.05) is 19.6 Å². The van der Waals surface area contributed by atoms with Gasteiger partial charge >= 0.3 is 6.09 Å². The Labute approximate surface area is 115 Å². The van der Waals surface area contributed by atoms with Gasteiger partial charge < -0.3 is 20.3 Å². The lowest BCUT2D eigenvalue weighted by molar-refractivity contribution is -0.132. The highest BCUT2D eigenvalue weighted by atomic mass is 16.6. The summed E-state index contributed by atoms with van der Waals surface area (Å²) in [6.45, 7) is 10.9. The highest BCUT2D eigenvalue weighted by Crippen LogP contribution is 2.07. The van der Waals surface area contributed by atoms with Crippen molar-refractivity contribution in [1.29, 1.82) is 0 Å². The number of carbonyl (C=O) groups excluding carboxylic acids is 2. The van der Waals surface area contributed by atoms with Gasteiger partial charge in [-0.05, 0) is 41.7 Å². The Morgan fingerprint density at radius 2 is 1.89 bits per heavy atom. The van der Waals surface area contributed by atoms with Gasteiger partial charge in [-0.2, -0.15) is 0 Å². The number of amides is 2. The van der Waals surface area contributed by atoms with Crippen molar-refractivity contribution in [3.8, 4) is 0 Å². The minimum Gasteiger partial charge on any atom is -0.444 e. The molecule has 0 aromatic heterocycles. The van der Waals surface area contributed by atoms with Crippen molar-refractivity contribution in [2.75, 3.05) is 26.7 Å². The van der Waals surface area contributed by atoms with Crippen LogP contribution in [0.1, 0.15) is 34.6 Å². The van der Waals surface area contributed by atoms with Crippen molar-refractivity contribution >= 4 is 12.0 Å². The van der Waals surface area contributed by atoms with Crippen LogP contribution < -0.4 is 10.6 Å². The monoisotopic (exact) mass is 273 g/mol. The number of hydrogen-bond acceptors (Lipinski definition) is 4. The lowest BCUT2D eigenvalue weighted by Gasteiger charge is -2.26. The van der Waals surface area contributed by atoms with E-state index < -0.39 is 17.7 Å². The molecule has 0 aliphatic carbocycles. The van der Waals surface area contributed by atoms with E-state index in [2.05, 4.69) is 10.6 Å². The largest absolute Gasteiger partial charge is 0.444 e. The number of nitrogens with one attached hydrogen (secondary N) is 2. The second-order valence-electron chi connectivity index (χ2n) is 5.39. The summed E-state index contributed by atoms with van der Waals surface area (Å²) in [6, 6.07) is -0.591. The predicted molar refractivity (Wildman–Crippen MR) is 75.0 cm³/mol. The van der Waals surface area contributed by atoms with E-state index in [0.717, 1.165) is 6.54 Å². The van der Waals surface area contributed by atoms with Crippen molar-refractivity contribution in [1.82, 2.24) is 15.5 Å². The molecule has 1 atom stereocenters. The summed E-state index contributed by atoms with van der Waals surface area (Å²) >= 11 is 0. The predicted octanol–water partition coefficient (Wildman–Crippen LogP) is 0.968. The molecule has 6 nitrogen and oxygen atoms in total. The number of nitrogens with zero attached hydrogens (tertiary/aromatic N) is 1. The van der Waals surface area contributed by atoms with Gasteiger partial charge in [0.25, 0.3) is 0 Å². The smallest absolute Gasteiger partial charge is 0.408 e. The van der Waals surface area contributed by atoms with E-state index in [1.807, 2.05) is 14.0 Å². The molecule has 1 unspecified atom stereocenters. The van der Waals surface area contributed by atoms with Crippen LogP contribution in [0, 0.1) is 0 Å². The average Bonchev–Trinajstić information content (AvgIpc) is 2.26. The molecule has 0 radical (unpaired) electrons. The first-order valence-electron chi connectivity index (χ1n) is 6.64. The number of carbonyl (C=O) groups is 2. The maximum Gasteiger partial charge on any atom is 0.408 e. The summed E-state index contributed by atoms with van der Waals surface area (Å²) in [5.74, 6) is -0.108. The first-order valence-corrected chi connectivity index (χ1v) is 6.64. The Balaban J connectivity index is 4.35. The number of ether oxygens (including phenoxy) is 1. The van der Waals surface area contributed by atoms with Crippen LogP contribution in [0.5, 0.6) is 0 Å². The van der Waals surface area contributed by atoms with E-state index >= 15 is 0 Å². The topological polar surface area (TPSA) is 70.7 Å². The maximum atomic E-state index is 12.1. The molecule has 0 fully saturated rings. The normalized spacial score (nSPS) is 12.7. The van der Waals surface area contributed by atoms with Crippen LogP contribution in [0.2, 0.25) is 0 Å². The van der Waals surface area contributed by atoms with E-state index in [1.54, 1.807) is 32.6 Å². The summed E-state index contributed by atoms with van der Waals surface area (Å²) in [5, 5.41) is 5.55. The van der Waals surface area contributed by atoms with Crippen molar-refractivity contribution in [2.45, 2.75) is 46.3 Å². The van der Waals surface area contributed by atoms with Crippen LogP contribution in [-0.4, -0.2) is 55.2 Å². The molecule has 2 amide bonds. The molecule has 0 bridgehead atoms. The molecule has 6 heteroatoms. The Morgan fingerprint density at radius 3 is 2.32 bits per heavy atom. The standard InChI is InChI=1S/C13H27N3O3/c1-7-16(9-8-14-6)11(17)10(2)15-12(18)19-13(3,4)5/h10,14H,7-9H2,1-6H3,(H,15,18). The highest BCUT2D eigenvalue weighted by Gasteiger charge is 2.23. The molecule has 0 aliphatic heterocycles. The van der Waals surface area contributed by atoms with Crippen LogP contribution in [-0.2, 0) is 9.53 Å². The van der Waals surface area contributed by atoms with Crippen LogP contribution in [0.3, 0.4) is 0 Å². The molecule has 0 spiro atoms. The molecule has 0 aliphatic rings. The molecule has 2 N–H and O–H groups in total. The fourth-order valence-corrected chi connectivity index (χ4v) is 1.49. The summed E-state index contributed by atoms with van der Waals surface area (Å²) in [5.41, 5.74) is -0.566. The third-order valence-corrected chi connectivity index (χ3v) is 2.43. The number of hydrogen-bond donors (Lipinski definition) is 2.